The minimum absolute atomic E-state index is 0.0983. The Morgan fingerprint density at radius 1 is 1.29 bits per heavy atom. The van der Waals surface area contributed by atoms with Crippen LogP contribution in [0.5, 0.6) is 11.5 Å². The lowest BCUT2D eigenvalue weighted by Gasteiger charge is -2.15. The van der Waals surface area contributed by atoms with Gasteiger partial charge in [-0.2, -0.15) is 4.99 Å². The third-order valence-electron chi connectivity index (χ3n) is 2.27. The van der Waals surface area contributed by atoms with Gasteiger partial charge in [0.05, 0.1) is 19.3 Å². The maximum absolute atomic E-state index is 10.3. The fourth-order valence-electron chi connectivity index (χ4n) is 1.53. The molecule has 4 nitrogen and oxygen atoms in total. The molecule has 0 aliphatic heterocycles. The van der Waals surface area contributed by atoms with Crippen LogP contribution in [0, 0.1) is 0 Å². The average molecular weight is 235 g/mol. The molecule has 0 radical (unpaired) electrons. The minimum Gasteiger partial charge on any atom is -0.496 e. The molecule has 0 spiro atoms. The molecule has 1 unspecified atom stereocenters. The van der Waals surface area contributed by atoms with Crippen molar-refractivity contribution < 1.29 is 14.3 Å². The Morgan fingerprint density at radius 2 is 2.00 bits per heavy atom. The number of hydrogen-bond acceptors (Lipinski definition) is 4. The van der Waals surface area contributed by atoms with Crippen LogP contribution >= 0.6 is 0 Å². The quantitative estimate of drug-likeness (QED) is 0.582. The van der Waals surface area contributed by atoms with Crippen molar-refractivity contribution >= 4 is 6.08 Å². The fraction of sp³-hybridized carbons (Fsp3) is 0.462. The molecule has 0 heterocycles. The lowest BCUT2D eigenvalue weighted by Crippen LogP contribution is -2.06. The van der Waals surface area contributed by atoms with E-state index >= 15 is 0 Å². The van der Waals surface area contributed by atoms with Crippen LogP contribution in [0.15, 0.2) is 23.2 Å². The van der Waals surface area contributed by atoms with Crippen LogP contribution in [0.3, 0.4) is 0 Å². The van der Waals surface area contributed by atoms with Gasteiger partial charge >= 0.3 is 0 Å². The van der Waals surface area contributed by atoms with Gasteiger partial charge < -0.3 is 9.47 Å². The SMILES string of the molecule is COc1ccc(OC(C)C)cc1C(C)N=C=O. The van der Waals surface area contributed by atoms with Crippen LogP contribution in [0.2, 0.25) is 0 Å². The Labute approximate surface area is 101 Å². The molecular weight excluding hydrogens is 218 g/mol. The molecule has 1 atom stereocenters. The molecule has 0 saturated heterocycles. The molecule has 1 aromatic carbocycles. The monoisotopic (exact) mass is 235 g/mol. The van der Waals surface area contributed by atoms with Crippen molar-refractivity contribution in [2.75, 3.05) is 7.11 Å². The molecule has 0 fully saturated rings. The van der Waals surface area contributed by atoms with E-state index in [2.05, 4.69) is 4.99 Å². The zero-order valence-electron chi connectivity index (χ0n) is 10.6. The second-order valence-electron chi connectivity index (χ2n) is 3.97. The number of hydrogen-bond donors (Lipinski definition) is 0. The van der Waals surface area contributed by atoms with Crippen LogP contribution < -0.4 is 9.47 Å². The van der Waals surface area contributed by atoms with Crippen LogP contribution in [0.1, 0.15) is 32.4 Å². The summed E-state index contributed by atoms with van der Waals surface area (Å²) in [6.07, 6.45) is 1.65. The van der Waals surface area contributed by atoms with Crippen LogP contribution in [0.25, 0.3) is 0 Å². The van der Waals surface area contributed by atoms with E-state index in [-0.39, 0.29) is 12.1 Å². The third-order valence-corrected chi connectivity index (χ3v) is 2.27. The molecule has 1 rings (SSSR count). The maximum atomic E-state index is 10.3. The Hall–Kier alpha value is -1.80. The summed E-state index contributed by atoms with van der Waals surface area (Å²) in [5.74, 6) is 1.43. The van der Waals surface area contributed by atoms with Crippen LogP contribution in [-0.2, 0) is 4.79 Å². The van der Waals surface area contributed by atoms with Gasteiger partial charge in [0.1, 0.15) is 11.5 Å². The number of isocyanates is 1. The largest absolute Gasteiger partial charge is 0.496 e. The van der Waals surface area contributed by atoms with Gasteiger partial charge in [-0.25, -0.2) is 4.79 Å². The summed E-state index contributed by atoms with van der Waals surface area (Å²) in [5, 5.41) is 0. The second kappa shape index (κ2) is 6.06. The Balaban J connectivity index is 3.09. The highest BCUT2D eigenvalue weighted by Crippen LogP contribution is 2.31. The van der Waals surface area contributed by atoms with Gasteiger partial charge in [0.25, 0.3) is 0 Å². The van der Waals surface area contributed by atoms with Gasteiger partial charge in [0, 0.05) is 5.56 Å². The molecule has 1 aromatic rings. The smallest absolute Gasteiger partial charge is 0.235 e. The number of benzene rings is 1. The highest BCUT2D eigenvalue weighted by molar-refractivity contribution is 5.44. The van der Waals surface area contributed by atoms with Crippen LogP contribution in [-0.4, -0.2) is 19.3 Å². The maximum Gasteiger partial charge on any atom is 0.235 e. The predicted octanol–water partition coefficient (Wildman–Crippen LogP) is 2.88. The highest BCUT2D eigenvalue weighted by Gasteiger charge is 2.12. The summed E-state index contributed by atoms with van der Waals surface area (Å²) in [6.45, 7) is 5.72. The van der Waals surface area contributed by atoms with Crippen molar-refractivity contribution in [1.82, 2.24) is 0 Å². The molecule has 17 heavy (non-hydrogen) atoms. The van der Waals surface area contributed by atoms with Gasteiger partial charge in [-0.15, -0.1) is 0 Å². The van der Waals surface area contributed by atoms with Crippen LogP contribution in [0.4, 0.5) is 0 Å². The van der Waals surface area contributed by atoms with Gasteiger partial charge in [-0.3, -0.25) is 0 Å². The zero-order chi connectivity index (χ0) is 12.8. The fourth-order valence-corrected chi connectivity index (χ4v) is 1.53. The Morgan fingerprint density at radius 3 is 2.53 bits per heavy atom. The molecule has 0 aliphatic carbocycles. The van der Waals surface area contributed by atoms with E-state index in [0.717, 1.165) is 11.3 Å². The van der Waals surface area contributed by atoms with E-state index in [4.69, 9.17) is 9.47 Å². The standard InChI is InChI=1S/C13H17NO3/c1-9(2)17-11-5-6-13(16-4)12(7-11)10(3)14-8-15/h5-7,9-10H,1-4H3. The molecule has 0 saturated carbocycles. The van der Waals surface area contributed by atoms with Crippen molar-refractivity contribution in [3.8, 4) is 11.5 Å². The van der Waals surface area contributed by atoms with Crippen molar-refractivity contribution in [2.24, 2.45) is 4.99 Å². The normalized spacial score (nSPS) is 11.8. The first kappa shape index (κ1) is 13.3. The van der Waals surface area contributed by atoms with Crippen molar-refractivity contribution in [3.05, 3.63) is 23.8 Å². The first-order chi connectivity index (χ1) is 8.08. The van der Waals surface area contributed by atoms with E-state index in [1.54, 1.807) is 13.2 Å². The van der Waals surface area contributed by atoms with Crippen molar-refractivity contribution in [3.63, 3.8) is 0 Å². The zero-order valence-corrected chi connectivity index (χ0v) is 10.6. The highest BCUT2D eigenvalue weighted by atomic mass is 16.5. The lowest BCUT2D eigenvalue weighted by molar-refractivity contribution is 0.241. The van der Waals surface area contributed by atoms with E-state index in [1.165, 1.54) is 0 Å². The number of nitrogens with zero attached hydrogens (tertiary/aromatic N) is 1. The minimum atomic E-state index is -0.293. The number of methoxy groups -OCH3 is 1. The molecule has 0 bridgehead atoms. The Bertz CT molecular complexity index is 423. The number of aliphatic imine (C=N–C) groups is 1. The van der Waals surface area contributed by atoms with Gasteiger partial charge in [0.2, 0.25) is 6.08 Å². The van der Waals surface area contributed by atoms with Gasteiger partial charge in [-0.05, 0) is 39.0 Å². The number of carbonyl (C=O) groups excluding carboxylic acids is 1. The molecule has 0 aromatic heterocycles. The topological polar surface area (TPSA) is 47.9 Å². The summed E-state index contributed by atoms with van der Waals surface area (Å²) in [4.78, 5) is 14.0. The summed E-state index contributed by atoms with van der Waals surface area (Å²) in [7, 11) is 1.58. The summed E-state index contributed by atoms with van der Waals surface area (Å²) < 4.78 is 10.8. The van der Waals surface area contributed by atoms with Crippen molar-refractivity contribution in [2.45, 2.75) is 32.9 Å². The third kappa shape index (κ3) is 3.61. The van der Waals surface area contributed by atoms with E-state index in [0.29, 0.717) is 5.75 Å². The Kier molecular flexibility index (Phi) is 4.73. The molecule has 0 amide bonds. The molecule has 92 valence electrons. The first-order valence-corrected chi connectivity index (χ1v) is 5.50. The van der Waals surface area contributed by atoms with Gasteiger partial charge in [-0.1, -0.05) is 0 Å². The predicted molar refractivity (Wildman–Crippen MR) is 65.3 cm³/mol. The van der Waals surface area contributed by atoms with E-state index < -0.39 is 0 Å². The van der Waals surface area contributed by atoms with E-state index in [9.17, 15) is 4.79 Å². The lowest BCUT2D eigenvalue weighted by atomic mass is 10.1. The first-order valence-electron chi connectivity index (χ1n) is 5.50. The summed E-state index contributed by atoms with van der Waals surface area (Å²) in [5.41, 5.74) is 0.814. The molecule has 0 N–H and O–H groups in total. The molecular formula is C13H17NO3. The average Bonchev–Trinajstić information content (AvgIpc) is 2.28. The van der Waals surface area contributed by atoms with Crippen molar-refractivity contribution in [1.29, 1.82) is 0 Å². The van der Waals surface area contributed by atoms with E-state index in [1.807, 2.05) is 39.0 Å². The molecule has 4 heteroatoms. The molecule has 0 aliphatic rings. The summed E-state index contributed by atoms with van der Waals surface area (Å²) >= 11 is 0. The second-order valence-corrected chi connectivity index (χ2v) is 3.97. The summed E-state index contributed by atoms with van der Waals surface area (Å²) in [6, 6.07) is 5.19. The van der Waals surface area contributed by atoms with Gasteiger partial charge in [0.15, 0.2) is 0 Å². The number of ether oxygens (including phenoxy) is 2. The number of rotatable bonds is 5.